The second kappa shape index (κ2) is 7.20. The van der Waals surface area contributed by atoms with E-state index in [0.717, 1.165) is 24.8 Å². The number of hydrogen-bond donors (Lipinski definition) is 1. The third-order valence-corrected chi connectivity index (χ3v) is 4.98. The Kier molecular flexibility index (Phi) is 5.59. The van der Waals surface area contributed by atoms with Crippen LogP contribution in [0.3, 0.4) is 0 Å². The zero-order chi connectivity index (χ0) is 13.7. The van der Waals surface area contributed by atoms with Crippen LogP contribution in [0, 0.1) is 5.92 Å². The largest absolute Gasteiger partial charge is 0.492 e. The van der Waals surface area contributed by atoms with Crippen LogP contribution in [-0.2, 0) is 0 Å². The van der Waals surface area contributed by atoms with Gasteiger partial charge in [-0.2, -0.15) is 11.8 Å². The van der Waals surface area contributed by atoms with Crippen molar-refractivity contribution in [3.63, 3.8) is 0 Å². The van der Waals surface area contributed by atoms with E-state index in [1.807, 2.05) is 11.8 Å². The van der Waals surface area contributed by atoms with Crippen LogP contribution < -0.4 is 10.1 Å². The van der Waals surface area contributed by atoms with E-state index < -0.39 is 0 Å². The van der Waals surface area contributed by atoms with Crippen LogP contribution in [-0.4, -0.2) is 24.2 Å². The predicted octanol–water partition coefficient (Wildman–Crippen LogP) is 3.88. The fourth-order valence-corrected chi connectivity index (χ4v) is 3.57. The molecule has 1 N–H and O–H groups in total. The molecule has 0 radical (unpaired) electrons. The molecule has 1 aliphatic rings. The Labute approximate surface area is 121 Å². The number of thioether (sulfide) groups is 1. The Bertz CT molecular complexity index is 394. The first-order valence-electron chi connectivity index (χ1n) is 7.29. The summed E-state index contributed by atoms with van der Waals surface area (Å²) in [4.78, 5) is 0. The SMILES string of the molecule is CCCNC1c2ccccc2OCC1SCC(C)C. The third-order valence-electron chi connectivity index (χ3n) is 3.29. The minimum absolute atomic E-state index is 0.425. The summed E-state index contributed by atoms with van der Waals surface area (Å²) in [7, 11) is 0. The lowest BCUT2D eigenvalue weighted by Crippen LogP contribution is -2.38. The molecule has 19 heavy (non-hydrogen) atoms. The monoisotopic (exact) mass is 279 g/mol. The van der Waals surface area contributed by atoms with Gasteiger partial charge in [0.1, 0.15) is 12.4 Å². The van der Waals surface area contributed by atoms with Crippen molar-refractivity contribution in [2.24, 2.45) is 5.92 Å². The molecule has 0 aromatic heterocycles. The Morgan fingerprint density at radius 2 is 2.16 bits per heavy atom. The number of nitrogens with one attached hydrogen (secondary N) is 1. The lowest BCUT2D eigenvalue weighted by Gasteiger charge is -2.34. The highest BCUT2D eigenvalue weighted by Crippen LogP contribution is 2.37. The lowest BCUT2D eigenvalue weighted by atomic mass is 10.00. The van der Waals surface area contributed by atoms with Crippen LogP contribution in [0.25, 0.3) is 0 Å². The van der Waals surface area contributed by atoms with Gasteiger partial charge in [-0.05, 0) is 30.7 Å². The van der Waals surface area contributed by atoms with Crippen molar-refractivity contribution in [2.75, 3.05) is 18.9 Å². The van der Waals surface area contributed by atoms with Gasteiger partial charge in [0.2, 0.25) is 0 Å². The molecule has 1 heterocycles. The van der Waals surface area contributed by atoms with Crippen LogP contribution in [0.1, 0.15) is 38.8 Å². The molecule has 2 rings (SSSR count). The summed E-state index contributed by atoms with van der Waals surface area (Å²) in [6.07, 6.45) is 1.17. The van der Waals surface area contributed by atoms with E-state index in [0.29, 0.717) is 11.3 Å². The van der Waals surface area contributed by atoms with Crippen LogP contribution in [0.4, 0.5) is 0 Å². The molecule has 106 valence electrons. The fraction of sp³-hybridized carbons (Fsp3) is 0.625. The molecule has 0 fully saturated rings. The Balaban J connectivity index is 2.11. The highest BCUT2D eigenvalue weighted by molar-refractivity contribution is 8.00. The van der Waals surface area contributed by atoms with Crippen molar-refractivity contribution in [1.82, 2.24) is 5.32 Å². The van der Waals surface area contributed by atoms with E-state index in [4.69, 9.17) is 4.74 Å². The van der Waals surface area contributed by atoms with Crippen molar-refractivity contribution in [1.29, 1.82) is 0 Å². The number of fused-ring (bicyclic) bond motifs is 1. The Hall–Kier alpha value is -0.670. The van der Waals surface area contributed by atoms with Gasteiger partial charge in [-0.3, -0.25) is 0 Å². The van der Waals surface area contributed by atoms with Gasteiger partial charge in [-0.1, -0.05) is 39.0 Å². The number of hydrogen-bond acceptors (Lipinski definition) is 3. The molecule has 2 unspecified atom stereocenters. The Morgan fingerprint density at radius 1 is 1.37 bits per heavy atom. The van der Waals surface area contributed by atoms with E-state index in [-0.39, 0.29) is 0 Å². The second-order valence-corrected chi connectivity index (χ2v) is 6.82. The Morgan fingerprint density at radius 3 is 2.89 bits per heavy atom. The van der Waals surface area contributed by atoms with Crippen molar-refractivity contribution < 1.29 is 4.74 Å². The molecule has 2 nitrogen and oxygen atoms in total. The van der Waals surface area contributed by atoms with Crippen LogP contribution >= 0.6 is 11.8 Å². The summed E-state index contributed by atoms with van der Waals surface area (Å²) in [5.74, 6) is 2.98. The van der Waals surface area contributed by atoms with Crippen LogP contribution in [0.5, 0.6) is 5.75 Å². The van der Waals surface area contributed by atoms with Crippen LogP contribution in [0.2, 0.25) is 0 Å². The summed E-state index contributed by atoms with van der Waals surface area (Å²) < 4.78 is 5.92. The van der Waals surface area contributed by atoms with Gasteiger partial charge >= 0.3 is 0 Å². The third kappa shape index (κ3) is 3.90. The van der Waals surface area contributed by atoms with E-state index >= 15 is 0 Å². The van der Waals surface area contributed by atoms with Gasteiger partial charge in [0, 0.05) is 5.56 Å². The van der Waals surface area contributed by atoms with Crippen LogP contribution in [0.15, 0.2) is 24.3 Å². The molecule has 0 amide bonds. The minimum Gasteiger partial charge on any atom is -0.492 e. The van der Waals surface area contributed by atoms with E-state index in [1.165, 1.54) is 17.7 Å². The van der Waals surface area contributed by atoms with Gasteiger partial charge < -0.3 is 10.1 Å². The average molecular weight is 279 g/mol. The second-order valence-electron chi connectivity index (χ2n) is 5.55. The summed E-state index contributed by atoms with van der Waals surface area (Å²) in [6, 6.07) is 8.87. The molecule has 1 aromatic rings. The summed E-state index contributed by atoms with van der Waals surface area (Å²) >= 11 is 2.04. The summed E-state index contributed by atoms with van der Waals surface area (Å²) in [5, 5.41) is 4.22. The van der Waals surface area contributed by atoms with Gasteiger partial charge in [0.05, 0.1) is 11.3 Å². The lowest BCUT2D eigenvalue weighted by molar-refractivity contribution is 0.260. The fourth-order valence-electron chi connectivity index (χ4n) is 2.34. The van der Waals surface area contributed by atoms with Gasteiger partial charge in [-0.25, -0.2) is 0 Å². The normalized spacial score (nSPS) is 22.1. The molecule has 1 aliphatic heterocycles. The molecule has 0 aliphatic carbocycles. The van der Waals surface area contributed by atoms with Crippen molar-refractivity contribution in [3.05, 3.63) is 29.8 Å². The summed E-state index contributed by atoms with van der Waals surface area (Å²) in [6.45, 7) is 8.65. The predicted molar refractivity (Wildman–Crippen MR) is 84.1 cm³/mol. The maximum atomic E-state index is 5.92. The number of para-hydroxylation sites is 1. The molecule has 3 heteroatoms. The first-order valence-corrected chi connectivity index (χ1v) is 8.34. The molecule has 0 saturated heterocycles. The van der Waals surface area contributed by atoms with Gasteiger partial charge in [0.15, 0.2) is 0 Å². The number of benzene rings is 1. The maximum Gasteiger partial charge on any atom is 0.124 e. The minimum atomic E-state index is 0.425. The molecule has 0 bridgehead atoms. The smallest absolute Gasteiger partial charge is 0.124 e. The van der Waals surface area contributed by atoms with Crippen molar-refractivity contribution in [3.8, 4) is 5.75 Å². The molecular formula is C16H25NOS. The summed E-state index contributed by atoms with van der Waals surface area (Å²) in [5.41, 5.74) is 1.32. The van der Waals surface area contributed by atoms with E-state index in [9.17, 15) is 0 Å². The maximum absolute atomic E-state index is 5.92. The van der Waals surface area contributed by atoms with Crippen molar-refractivity contribution in [2.45, 2.75) is 38.5 Å². The standard InChI is InChI=1S/C16H25NOS/c1-4-9-17-16-13-7-5-6-8-14(13)18-10-15(16)19-11-12(2)3/h5-8,12,15-17H,4,9-11H2,1-3H3. The highest BCUT2D eigenvalue weighted by Gasteiger charge is 2.30. The molecule has 2 atom stereocenters. The average Bonchev–Trinajstić information content (AvgIpc) is 2.43. The quantitative estimate of drug-likeness (QED) is 0.854. The van der Waals surface area contributed by atoms with Gasteiger partial charge in [-0.15, -0.1) is 0 Å². The number of ether oxygens (including phenoxy) is 1. The molecule has 0 spiro atoms. The first-order chi connectivity index (χ1) is 9.22. The molecule has 0 saturated carbocycles. The molecular weight excluding hydrogens is 254 g/mol. The number of rotatable bonds is 6. The zero-order valence-electron chi connectivity index (χ0n) is 12.2. The topological polar surface area (TPSA) is 21.3 Å². The van der Waals surface area contributed by atoms with E-state index in [2.05, 4.69) is 50.4 Å². The first kappa shape index (κ1) is 14.7. The van der Waals surface area contributed by atoms with E-state index in [1.54, 1.807) is 0 Å². The zero-order valence-corrected chi connectivity index (χ0v) is 13.0. The molecule has 1 aromatic carbocycles. The van der Waals surface area contributed by atoms with Gasteiger partial charge in [0.25, 0.3) is 0 Å². The highest BCUT2D eigenvalue weighted by atomic mass is 32.2. The van der Waals surface area contributed by atoms with Crippen molar-refractivity contribution >= 4 is 11.8 Å².